The van der Waals surface area contributed by atoms with Gasteiger partial charge in [-0.1, -0.05) is 6.92 Å². The molecule has 0 aromatic carbocycles. The summed E-state index contributed by atoms with van der Waals surface area (Å²) in [4.78, 5) is 14.2. The van der Waals surface area contributed by atoms with E-state index in [1.54, 1.807) is 6.07 Å². The monoisotopic (exact) mass is 195 g/mol. The molecule has 1 aromatic heterocycles. The Kier molecular flexibility index (Phi) is 3.45. The lowest BCUT2D eigenvalue weighted by Crippen LogP contribution is -2.10. The molecule has 0 aliphatic heterocycles. The van der Waals surface area contributed by atoms with Gasteiger partial charge in [0.2, 0.25) is 0 Å². The molecule has 4 heteroatoms. The molecule has 4 nitrogen and oxygen atoms in total. The van der Waals surface area contributed by atoms with Crippen LogP contribution in [0.25, 0.3) is 0 Å². The lowest BCUT2D eigenvalue weighted by molar-refractivity contribution is 0.0690. The Bertz CT molecular complexity index is 308. The minimum atomic E-state index is -1.03. The molecule has 0 saturated carbocycles. The number of nitrogens with zero attached hydrogens (tertiary/aromatic N) is 1. The van der Waals surface area contributed by atoms with Gasteiger partial charge < -0.3 is 9.84 Å². The van der Waals surface area contributed by atoms with E-state index in [1.165, 1.54) is 12.3 Å². The van der Waals surface area contributed by atoms with Crippen molar-refractivity contribution in [2.45, 2.75) is 26.4 Å². The first kappa shape index (κ1) is 10.5. The number of aromatic carboxylic acids is 1. The van der Waals surface area contributed by atoms with E-state index in [9.17, 15) is 4.79 Å². The summed E-state index contributed by atoms with van der Waals surface area (Å²) in [6, 6.07) is 3.04. The van der Waals surface area contributed by atoms with Gasteiger partial charge in [0.15, 0.2) is 0 Å². The predicted octanol–water partition coefficient (Wildman–Crippen LogP) is 1.96. The fraction of sp³-hybridized carbons (Fsp3) is 0.400. The Labute approximate surface area is 82.5 Å². The number of hydrogen-bond acceptors (Lipinski definition) is 3. The van der Waals surface area contributed by atoms with Crippen LogP contribution >= 0.6 is 0 Å². The van der Waals surface area contributed by atoms with Crippen molar-refractivity contribution in [3.8, 4) is 5.75 Å². The summed E-state index contributed by atoms with van der Waals surface area (Å²) >= 11 is 0. The van der Waals surface area contributed by atoms with Crippen LogP contribution < -0.4 is 4.74 Å². The Morgan fingerprint density at radius 2 is 2.36 bits per heavy atom. The molecule has 14 heavy (non-hydrogen) atoms. The van der Waals surface area contributed by atoms with E-state index in [2.05, 4.69) is 4.98 Å². The maximum atomic E-state index is 10.5. The highest BCUT2D eigenvalue weighted by atomic mass is 16.5. The van der Waals surface area contributed by atoms with Crippen LogP contribution in [0, 0.1) is 0 Å². The van der Waals surface area contributed by atoms with Crippen molar-refractivity contribution in [3.05, 3.63) is 24.0 Å². The molecule has 0 bridgehead atoms. The van der Waals surface area contributed by atoms with Gasteiger partial charge in [0.25, 0.3) is 0 Å². The number of rotatable bonds is 4. The zero-order chi connectivity index (χ0) is 10.6. The van der Waals surface area contributed by atoms with Gasteiger partial charge in [0.05, 0.1) is 12.3 Å². The van der Waals surface area contributed by atoms with Gasteiger partial charge in [0.1, 0.15) is 11.4 Å². The molecule has 0 amide bonds. The molecule has 0 spiro atoms. The SMILES string of the molecule is CCC(C)Oc1ccc(C(=O)O)nc1. The van der Waals surface area contributed by atoms with Crippen molar-refractivity contribution in [1.29, 1.82) is 0 Å². The Morgan fingerprint density at radius 3 is 2.79 bits per heavy atom. The molecule has 1 atom stereocenters. The molecule has 1 rings (SSSR count). The maximum Gasteiger partial charge on any atom is 0.354 e. The van der Waals surface area contributed by atoms with Gasteiger partial charge in [-0.25, -0.2) is 9.78 Å². The smallest absolute Gasteiger partial charge is 0.354 e. The van der Waals surface area contributed by atoms with Crippen LogP contribution in [0.15, 0.2) is 18.3 Å². The first-order valence-electron chi connectivity index (χ1n) is 4.49. The third-order valence-corrected chi connectivity index (χ3v) is 1.87. The van der Waals surface area contributed by atoms with Crippen LogP contribution in [0.3, 0.4) is 0 Å². The van der Waals surface area contributed by atoms with Crippen LogP contribution in [0.4, 0.5) is 0 Å². The highest BCUT2D eigenvalue weighted by Gasteiger charge is 2.05. The third kappa shape index (κ3) is 2.73. The van der Waals surface area contributed by atoms with Crippen LogP contribution in [-0.2, 0) is 0 Å². The van der Waals surface area contributed by atoms with Crippen LogP contribution in [0.5, 0.6) is 5.75 Å². The van der Waals surface area contributed by atoms with Crippen molar-refractivity contribution in [3.63, 3.8) is 0 Å². The van der Waals surface area contributed by atoms with Crippen LogP contribution in [-0.4, -0.2) is 22.2 Å². The molecule has 1 unspecified atom stereocenters. The van der Waals surface area contributed by atoms with E-state index in [-0.39, 0.29) is 11.8 Å². The van der Waals surface area contributed by atoms with E-state index >= 15 is 0 Å². The maximum absolute atomic E-state index is 10.5. The van der Waals surface area contributed by atoms with Gasteiger partial charge in [0, 0.05) is 0 Å². The minimum absolute atomic E-state index is 0.0292. The second-order valence-electron chi connectivity index (χ2n) is 3.02. The number of hydrogen-bond donors (Lipinski definition) is 1. The molecule has 1 heterocycles. The number of carboxylic acids is 1. The van der Waals surface area contributed by atoms with Crippen molar-refractivity contribution in [2.75, 3.05) is 0 Å². The molecule has 0 fully saturated rings. The summed E-state index contributed by atoms with van der Waals surface area (Å²) in [5, 5.41) is 8.60. The lowest BCUT2D eigenvalue weighted by Gasteiger charge is -2.11. The largest absolute Gasteiger partial charge is 0.489 e. The normalized spacial score (nSPS) is 12.1. The first-order chi connectivity index (χ1) is 6.63. The van der Waals surface area contributed by atoms with Gasteiger partial charge in [-0.15, -0.1) is 0 Å². The molecule has 0 aliphatic rings. The highest BCUT2D eigenvalue weighted by Crippen LogP contribution is 2.12. The van der Waals surface area contributed by atoms with Gasteiger partial charge >= 0.3 is 5.97 Å². The summed E-state index contributed by atoms with van der Waals surface area (Å²) in [6.07, 6.45) is 2.45. The lowest BCUT2D eigenvalue weighted by atomic mass is 10.3. The Morgan fingerprint density at radius 1 is 1.64 bits per heavy atom. The summed E-state index contributed by atoms with van der Waals surface area (Å²) < 4.78 is 5.44. The summed E-state index contributed by atoms with van der Waals surface area (Å²) in [5.41, 5.74) is 0.0292. The van der Waals surface area contributed by atoms with Crippen molar-refractivity contribution in [2.24, 2.45) is 0 Å². The molecule has 1 N–H and O–H groups in total. The molecule has 0 aliphatic carbocycles. The summed E-state index contributed by atoms with van der Waals surface area (Å²) in [6.45, 7) is 3.97. The molecular formula is C10H13NO3. The first-order valence-corrected chi connectivity index (χ1v) is 4.49. The number of carboxylic acid groups (broad SMARTS) is 1. The Balaban J connectivity index is 2.68. The quantitative estimate of drug-likeness (QED) is 0.797. The van der Waals surface area contributed by atoms with Crippen molar-refractivity contribution >= 4 is 5.97 Å². The average Bonchev–Trinajstić information content (AvgIpc) is 2.18. The number of pyridine rings is 1. The standard InChI is InChI=1S/C10H13NO3/c1-3-7(2)14-8-4-5-9(10(12)13)11-6-8/h4-7H,3H2,1-2H3,(H,12,13). The fourth-order valence-corrected chi connectivity index (χ4v) is 0.892. The van der Waals surface area contributed by atoms with Crippen molar-refractivity contribution in [1.82, 2.24) is 4.98 Å². The number of carbonyl (C=O) groups is 1. The zero-order valence-corrected chi connectivity index (χ0v) is 8.23. The fourth-order valence-electron chi connectivity index (χ4n) is 0.892. The van der Waals surface area contributed by atoms with E-state index in [1.807, 2.05) is 13.8 Å². The van der Waals surface area contributed by atoms with E-state index < -0.39 is 5.97 Å². The topological polar surface area (TPSA) is 59.4 Å². The van der Waals surface area contributed by atoms with E-state index in [0.29, 0.717) is 5.75 Å². The zero-order valence-electron chi connectivity index (χ0n) is 8.23. The highest BCUT2D eigenvalue weighted by molar-refractivity contribution is 5.85. The molecular weight excluding hydrogens is 182 g/mol. The van der Waals surface area contributed by atoms with Crippen molar-refractivity contribution < 1.29 is 14.6 Å². The Hall–Kier alpha value is -1.58. The van der Waals surface area contributed by atoms with Gasteiger partial charge in [-0.2, -0.15) is 0 Å². The predicted molar refractivity (Wildman–Crippen MR) is 51.6 cm³/mol. The van der Waals surface area contributed by atoms with Gasteiger partial charge in [-0.3, -0.25) is 0 Å². The second kappa shape index (κ2) is 4.60. The average molecular weight is 195 g/mol. The second-order valence-corrected chi connectivity index (χ2v) is 3.02. The number of ether oxygens (including phenoxy) is 1. The molecule has 1 aromatic rings. The minimum Gasteiger partial charge on any atom is -0.489 e. The molecule has 0 saturated heterocycles. The number of aromatic nitrogens is 1. The van der Waals surface area contributed by atoms with E-state index in [0.717, 1.165) is 6.42 Å². The van der Waals surface area contributed by atoms with Crippen LogP contribution in [0.2, 0.25) is 0 Å². The molecule has 0 radical (unpaired) electrons. The van der Waals surface area contributed by atoms with Crippen LogP contribution in [0.1, 0.15) is 30.8 Å². The molecule has 76 valence electrons. The summed E-state index contributed by atoms with van der Waals surface area (Å²) in [7, 11) is 0. The third-order valence-electron chi connectivity index (χ3n) is 1.87. The summed E-state index contributed by atoms with van der Waals surface area (Å²) in [5.74, 6) is -0.426. The van der Waals surface area contributed by atoms with Gasteiger partial charge in [-0.05, 0) is 25.5 Å². The van der Waals surface area contributed by atoms with E-state index in [4.69, 9.17) is 9.84 Å².